The molecule has 3 heteroatoms. The van der Waals surface area contributed by atoms with E-state index < -0.39 is 0 Å². The molecule has 2 aliphatic rings. The van der Waals surface area contributed by atoms with Crippen molar-refractivity contribution in [3.05, 3.63) is 70.8 Å². The Balaban J connectivity index is 0.000000218. The lowest BCUT2D eigenvalue weighted by atomic mass is 9.88. The third-order valence-electron chi connectivity index (χ3n) is 6.01. The van der Waals surface area contributed by atoms with Crippen molar-refractivity contribution in [2.45, 2.75) is 78.7 Å². The second kappa shape index (κ2) is 16.4. The summed E-state index contributed by atoms with van der Waals surface area (Å²) in [6.45, 7) is 8.61. The molecule has 0 spiro atoms. The molecule has 2 fully saturated rings. The Kier molecular flexibility index (Phi) is 14.2. The molecule has 4 rings (SSSR count). The second-order valence-electron chi connectivity index (χ2n) is 9.22. The molecular weight excluding hydrogens is 396 g/mol. The summed E-state index contributed by atoms with van der Waals surface area (Å²) in [7, 11) is 1.82. The van der Waals surface area contributed by atoms with Crippen LogP contribution < -0.4 is 0 Å². The Morgan fingerprint density at radius 2 is 1.22 bits per heavy atom. The van der Waals surface area contributed by atoms with Crippen LogP contribution in [0, 0.1) is 25.7 Å². The summed E-state index contributed by atoms with van der Waals surface area (Å²) in [5, 5.41) is 0. The Labute approximate surface area is 195 Å². The van der Waals surface area contributed by atoms with E-state index >= 15 is 0 Å². The van der Waals surface area contributed by atoms with Gasteiger partial charge in [-0.1, -0.05) is 80.6 Å². The van der Waals surface area contributed by atoms with E-state index in [-0.39, 0.29) is 0 Å². The molecule has 0 unspecified atom stereocenters. The van der Waals surface area contributed by atoms with Crippen LogP contribution in [0.4, 0.5) is 0 Å². The minimum absolute atomic E-state index is 0.571. The van der Waals surface area contributed by atoms with E-state index in [2.05, 4.69) is 13.8 Å². The highest BCUT2D eigenvalue weighted by atomic mass is 16.5. The van der Waals surface area contributed by atoms with Crippen molar-refractivity contribution in [1.82, 2.24) is 0 Å². The minimum Gasteiger partial charge on any atom is -0.381 e. The van der Waals surface area contributed by atoms with Gasteiger partial charge in [0.2, 0.25) is 0 Å². The first-order valence-corrected chi connectivity index (χ1v) is 11.9. The molecule has 2 aliphatic carbocycles. The van der Waals surface area contributed by atoms with E-state index in [1.165, 1.54) is 44.9 Å². The SMILES string of the molecule is CC1CCC1.COC1CCC(C)CC1.Cc1cc(C)cc(C=O)c1.O=Cc1ccccc1. The lowest BCUT2D eigenvalue weighted by Crippen LogP contribution is -2.18. The fourth-order valence-corrected chi connectivity index (χ4v) is 3.69. The van der Waals surface area contributed by atoms with E-state index in [1.54, 1.807) is 12.1 Å². The van der Waals surface area contributed by atoms with Crippen molar-refractivity contribution in [1.29, 1.82) is 0 Å². The number of aryl methyl sites for hydroxylation is 2. The fraction of sp³-hybridized carbons (Fsp3) is 0.517. The van der Waals surface area contributed by atoms with Gasteiger partial charge in [-0.2, -0.15) is 0 Å². The van der Waals surface area contributed by atoms with Crippen LogP contribution in [-0.4, -0.2) is 25.8 Å². The van der Waals surface area contributed by atoms with Gasteiger partial charge in [-0.05, 0) is 63.5 Å². The van der Waals surface area contributed by atoms with Crippen molar-refractivity contribution < 1.29 is 14.3 Å². The van der Waals surface area contributed by atoms with Crippen LogP contribution in [0.2, 0.25) is 0 Å². The van der Waals surface area contributed by atoms with Crippen LogP contribution in [0.3, 0.4) is 0 Å². The van der Waals surface area contributed by atoms with Gasteiger partial charge in [0, 0.05) is 18.2 Å². The van der Waals surface area contributed by atoms with Crippen molar-refractivity contribution in [3.63, 3.8) is 0 Å². The first-order chi connectivity index (χ1) is 15.4. The van der Waals surface area contributed by atoms with Gasteiger partial charge in [-0.25, -0.2) is 0 Å². The molecule has 2 aromatic rings. The van der Waals surface area contributed by atoms with Gasteiger partial charge in [0.25, 0.3) is 0 Å². The molecule has 0 radical (unpaired) electrons. The van der Waals surface area contributed by atoms with E-state index in [0.29, 0.717) is 6.10 Å². The van der Waals surface area contributed by atoms with Crippen LogP contribution in [0.1, 0.15) is 90.6 Å². The van der Waals surface area contributed by atoms with Crippen molar-refractivity contribution >= 4 is 12.6 Å². The number of hydrogen-bond acceptors (Lipinski definition) is 3. The van der Waals surface area contributed by atoms with Gasteiger partial charge in [-0.15, -0.1) is 0 Å². The van der Waals surface area contributed by atoms with E-state index in [4.69, 9.17) is 4.74 Å². The predicted molar refractivity (Wildman–Crippen MR) is 135 cm³/mol. The molecule has 0 bridgehead atoms. The van der Waals surface area contributed by atoms with E-state index in [1.807, 2.05) is 57.4 Å². The summed E-state index contributed by atoms with van der Waals surface area (Å²) in [4.78, 5) is 20.3. The van der Waals surface area contributed by atoms with Gasteiger partial charge in [-0.3, -0.25) is 9.59 Å². The zero-order valence-corrected chi connectivity index (χ0v) is 20.7. The molecule has 0 atom stereocenters. The van der Waals surface area contributed by atoms with Crippen molar-refractivity contribution in [3.8, 4) is 0 Å². The number of hydrogen-bond donors (Lipinski definition) is 0. The maximum absolute atomic E-state index is 10.3. The van der Waals surface area contributed by atoms with Crippen LogP contribution in [0.15, 0.2) is 48.5 Å². The normalized spacial score (nSPS) is 19.4. The molecule has 0 amide bonds. The summed E-state index contributed by atoms with van der Waals surface area (Å²) >= 11 is 0. The number of benzene rings is 2. The number of rotatable bonds is 3. The Hall–Kier alpha value is -2.26. The molecule has 0 saturated heterocycles. The second-order valence-corrected chi connectivity index (χ2v) is 9.22. The number of methoxy groups -OCH3 is 1. The summed E-state index contributed by atoms with van der Waals surface area (Å²) in [6, 6.07) is 14.9. The van der Waals surface area contributed by atoms with Crippen LogP contribution in [0.25, 0.3) is 0 Å². The maximum Gasteiger partial charge on any atom is 0.150 e. The highest BCUT2D eigenvalue weighted by molar-refractivity contribution is 5.75. The van der Waals surface area contributed by atoms with Gasteiger partial charge in [0.1, 0.15) is 12.6 Å². The molecule has 32 heavy (non-hydrogen) atoms. The number of aldehydes is 2. The van der Waals surface area contributed by atoms with Gasteiger partial charge < -0.3 is 4.74 Å². The van der Waals surface area contributed by atoms with Gasteiger partial charge in [0.05, 0.1) is 6.10 Å². The topological polar surface area (TPSA) is 43.4 Å². The quantitative estimate of drug-likeness (QED) is 0.463. The van der Waals surface area contributed by atoms with Gasteiger partial charge in [0.15, 0.2) is 0 Å². The summed E-state index contributed by atoms with van der Waals surface area (Å²) < 4.78 is 5.24. The lowest BCUT2D eigenvalue weighted by molar-refractivity contribution is 0.0593. The maximum atomic E-state index is 10.3. The molecular formula is C29H42O3. The molecule has 0 N–H and O–H groups in total. The number of carbonyl (C=O) groups is 2. The molecule has 2 aromatic carbocycles. The van der Waals surface area contributed by atoms with E-state index in [9.17, 15) is 9.59 Å². The smallest absolute Gasteiger partial charge is 0.150 e. The molecule has 176 valence electrons. The number of carbonyl (C=O) groups excluding carboxylic acids is 2. The molecule has 0 aliphatic heterocycles. The van der Waals surface area contributed by atoms with Gasteiger partial charge >= 0.3 is 0 Å². The van der Waals surface area contributed by atoms with Crippen molar-refractivity contribution in [2.24, 2.45) is 11.8 Å². The molecule has 2 saturated carbocycles. The standard InChI is InChI=1S/C9H10O.C8H16O.C7H6O.C5H10/c1-7-3-8(2)5-9(4-7)6-10;1-7-3-5-8(9-2)6-4-7;8-6-7-4-2-1-3-5-7;1-5-3-2-4-5/h3-6H,1-2H3;7-8H,3-6H2,1-2H3;1-6H;5H,2-4H2,1H3. The van der Waals surface area contributed by atoms with Crippen LogP contribution in [-0.2, 0) is 4.74 Å². The summed E-state index contributed by atoms with van der Waals surface area (Å²) in [6.07, 6.45) is 12.0. The zero-order chi connectivity index (χ0) is 23.8. The third-order valence-corrected chi connectivity index (χ3v) is 6.01. The Morgan fingerprint density at radius 1 is 0.719 bits per heavy atom. The summed E-state index contributed by atoms with van der Waals surface area (Å²) in [5.74, 6) is 2.01. The number of ether oxygens (including phenoxy) is 1. The predicted octanol–water partition coefficient (Wildman–Crippen LogP) is 7.63. The average molecular weight is 439 g/mol. The molecule has 0 aromatic heterocycles. The molecule has 3 nitrogen and oxygen atoms in total. The highest BCUT2D eigenvalue weighted by Gasteiger charge is 2.16. The fourth-order valence-electron chi connectivity index (χ4n) is 3.69. The van der Waals surface area contributed by atoms with Crippen LogP contribution >= 0.6 is 0 Å². The first kappa shape index (κ1) is 27.8. The first-order valence-electron chi connectivity index (χ1n) is 11.9. The third kappa shape index (κ3) is 12.6. The highest BCUT2D eigenvalue weighted by Crippen LogP contribution is 2.25. The van der Waals surface area contributed by atoms with Crippen LogP contribution in [0.5, 0.6) is 0 Å². The van der Waals surface area contributed by atoms with Crippen molar-refractivity contribution in [2.75, 3.05) is 7.11 Å². The average Bonchev–Trinajstić information content (AvgIpc) is 2.79. The monoisotopic (exact) mass is 438 g/mol. The summed E-state index contributed by atoms with van der Waals surface area (Å²) in [5.41, 5.74) is 3.77. The Bertz CT molecular complexity index is 737. The minimum atomic E-state index is 0.571. The largest absolute Gasteiger partial charge is 0.381 e. The lowest BCUT2D eigenvalue weighted by Gasteiger charge is -2.24. The molecule has 0 heterocycles. The Morgan fingerprint density at radius 3 is 1.56 bits per heavy atom. The zero-order valence-electron chi connectivity index (χ0n) is 20.7. The van der Waals surface area contributed by atoms with E-state index in [0.717, 1.165) is 46.7 Å².